The van der Waals surface area contributed by atoms with Crippen molar-refractivity contribution in [2.45, 2.75) is 65.8 Å². The Morgan fingerprint density at radius 3 is 1.50 bits per heavy atom. The van der Waals surface area contributed by atoms with Crippen LogP contribution in [0.5, 0.6) is 0 Å². The molecule has 0 bridgehead atoms. The Kier molecular flexibility index (Phi) is 3.97. The molecule has 0 saturated heterocycles. The first-order chi connectivity index (χ1) is 7.92. The Morgan fingerprint density at radius 2 is 1.17 bits per heavy atom. The van der Waals surface area contributed by atoms with Crippen molar-refractivity contribution >= 4 is 0 Å². The van der Waals surface area contributed by atoms with Gasteiger partial charge in [0.25, 0.3) is 0 Å². The van der Waals surface area contributed by atoms with Gasteiger partial charge in [-0.1, -0.05) is 58.9 Å². The van der Waals surface area contributed by atoms with Gasteiger partial charge in [0.1, 0.15) is 0 Å². The van der Waals surface area contributed by atoms with E-state index in [0.717, 1.165) is 0 Å². The van der Waals surface area contributed by atoms with Gasteiger partial charge in [-0.25, -0.2) is 0 Å². The van der Waals surface area contributed by atoms with E-state index in [9.17, 15) is 0 Å². The first kappa shape index (κ1) is 15.2. The zero-order valence-electron chi connectivity index (χ0n) is 13.1. The maximum absolute atomic E-state index is 6.12. The lowest BCUT2D eigenvalue weighted by Crippen LogP contribution is -2.29. The molecule has 0 aliphatic heterocycles. The largest absolute Gasteiger partial charge is 0.322 e. The minimum Gasteiger partial charge on any atom is -0.322 e. The van der Waals surface area contributed by atoms with Gasteiger partial charge in [0.15, 0.2) is 0 Å². The molecule has 0 heterocycles. The second-order valence-electron chi connectivity index (χ2n) is 7.92. The van der Waals surface area contributed by atoms with E-state index in [2.05, 4.69) is 58.9 Å². The molecule has 2 N–H and O–H groups in total. The summed E-state index contributed by atoms with van der Waals surface area (Å²) in [7, 11) is 0. The van der Waals surface area contributed by atoms with Crippen molar-refractivity contribution in [3.8, 4) is 0 Å². The predicted molar refractivity (Wildman–Crippen MR) is 80.8 cm³/mol. The van der Waals surface area contributed by atoms with Crippen LogP contribution in [0.25, 0.3) is 0 Å². The van der Waals surface area contributed by atoms with Crippen molar-refractivity contribution in [1.29, 1.82) is 0 Å². The topological polar surface area (TPSA) is 26.0 Å². The van der Waals surface area contributed by atoms with Gasteiger partial charge in [-0.15, -0.1) is 0 Å². The molecule has 0 unspecified atom stereocenters. The molecule has 0 amide bonds. The highest BCUT2D eigenvalue weighted by Gasteiger charge is 2.27. The van der Waals surface area contributed by atoms with Crippen molar-refractivity contribution < 1.29 is 0 Å². The van der Waals surface area contributed by atoms with Crippen LogP contribution in [0, 0.1) is 5.41 Å². The van der Waals surface area contributed by atoms with E-state index in [1.54, 1.807) is 0 Å². The van der Waals surface area contributed by atoms with Crippen molar-refractivity contribution in [2.24, 2.45) is 11.1 Å². The lowest BCUT2D eigenvalue weighted by Gasteiger charge is -2.33. The summed E-state index contributed by atoms with van der Waals surface area (Å²) in [6.07, 6.45) is 1.17. The standard InChI is InChI=1S/C17H29N/c1-15(2,3)12-16(4,5)13-8-10-14(11-9-13)17(6,7)18/h8-11H,12,18H2,1-7H3. The van der Waals surface area contributed by atoms with Crippen molar-refractivity contribution in [1.82, 2.24) is 0 Å². The Bertz CT molecular complexity index is 385. The first-order valence-corrected chi connectivity index (χ1v) is 6.82. The van der Waals surface area contributed by atoms with Crippen LogP contribution in [0.2, 0.25) is 0 Å². The van der Waals surface area contributed by atoms with E-state index in [1.165, 1.54) is 17.5 Å². The van der Waals surface area contributed by atoms with Crippen LogP contribution >= 0.6 is 0 Å². The summed E-state index contributed by atoms with van der Waals surface area (Å²) in [6, 6.07) is 8.80. The average Bonchev–Trinajstić information content (AvgIpc) is 2.13. The van der Waals surface area contributed by atoms with Gasteiger partial charge in [0.05, 0.1) is 0 Å². The van der Waals surface area contributed by atoms with Crippen LogP contribution in [0.4, 0.5) is 0 Å². The molecule has 0 fully saturated rings. The molecular weight excluding hydrogens is 218 g/mol. The molecule has 1 nitrogen and oxygen atoms in total. The minimum absolute atomic E-state index is 0.204. The molecule has 0 aliphatic carbocycles. The van der Waals surface area contributed by atoms with Gasteiger partial charge in [0.2, 0.25) is 0 Å². The molecule has 0 atom stereocenters. The van der Waals surface area contributed by atoms with Gasteiger partial charge in [-0.2, -0.15) is 0 Å². The smallest absolute Gasteiger partial charge is 0.0352 e. The summed E-state index contributed by atoms with van der Waals surface area (Å²) in [5.74, 6) is 0. The van der Waals surface area contributed by atoms with Gasteiger partial charge in [0, 0.05) is 5.54 Å². The lowest BCUT2D eigenvalue weighted by atomic mass is 9.72. The monoisotopic (exact) mass is 247 g/mol. The summed E-state index contributed by atoms with van der Waals surface area (Å²) in [5.41, 5.74) is 8.99. The van der Waals surface area contributed by atoms with Gasteiger partial charge in [-0.3, -0.25) is 0 Å². The Morgan fingerprint density at radius 1 is 0.778 bits per heavy atom. The fourth-order valence-corrected chi connectivity index (χ4v) is 2.78. The van der Waals surface area contributed by atoms with Crippen LogP contribution in [0.3, 0.4) is 0 Å². The molecule has 0 saturated carbocycles. The Balaban J connectivity index is 2.98. The van der Waals surface area contributed by atoms with Crippen molar-refractivity contribution in [2.75, 3.05) is 0 Å². The van der Waals surface area contributed by atoms with Crippen LogP contribution in [0.15, 0.2) is 24.3 Å². The summed E-state index contributed by atoms with van der Waals surface area (Å²) in [4.78, 5) is 0. The number of rotatable bonds is 3. The van der Waals surface area contributed by atoms with Crippen molar-refractivity contribution in [3.63, 3.8) is 0 Å². The highest BCUT2D eigenvalue weighted by molar-refractivity contribution is 5.31. The molecule has 102 valence electrons. The molecule has 18 heavy (non-hydrogen) atoms. The molecule has 1 aromatic rings. The molecule has 1 aromatic carbocycles. The molecular formula is C17H29N. The van der Waals surface area contributed by atoms with Crippen molar-refractivity contribution in [3.05, 3.63) is 35.4 Å². The lowest BCUT2D eigenvalue weighted by molar-refractivity contribution is 0.284. The van der Waals surface area contributed by atoms with E-state index >= 15 is 0 Å². The zero-order valence-corrected chi connectivity index (χ0v) is 13.1. The highest BCUT2D eigenvalue weighted by Crippen LogP contribution is 2.36. The van der Waals surface area contributed by atoms with Gasteiger partial charge < -0.3 is 5.73 Å². The summed E-state index contributed by atoms with van der Waals surface area (Å²) in [6.45, 7) is 15.6. The third-order valence-electron chi connectivity index (χ3n) is 3.38. The Hall–Kier alpha value is -0.820. The highest BCUT2D eigenvalue weighted by atomic mass is 14.7. The van der Waals surface area contributed by atoms with E-state index in [0.29, 0.717) is 5.41 Å². The number of hydrogen-bond acceptors (Lipinski definition) is 1. The summed E-state index contributed by atoms with van der Waals surface area (Å²) < 4.78 is 0. The molecule has 1 heteroatoms. The second-order valence-corrected chi connectivity index (χ2v) is 7.92. The van der Waals surface area contributed by atoms with E-state index in [1.807, 2.05) is 13.8 Å². The minimum atomic E-state index is -0.257. The molecule has 0 aromatic heterocycles. The Labute approximate surface area is 113 Å². The van der Waals surface area contributed by atoms with E-state index in [4.69, 9.17) is 5.73 Å². The predicted octanol–water partition coefficient (Wildman–Crippen LogP) is 4.59. The van der Waals surface area contributed by atoms with Crippen LogP contribution in [-0.4, -0.2) is 0 Å². The number of nitrogens with two attached hydrogens (primary N) is 1. The normalized spacial score (nSPS) is 13.8. The van der Waals surface area contributed by atoms with Crippen LogP contribution < -0.4 is 5.73 Å². The number of hydrogen-bond donors (Lipinski definition) is 1. The zero-order chi connectivity index (χ0) is 14.2. The molecule has 0 radical (unpaired) electrons. The van der Waals surface area contributed by atoms with E-state index < -0.39 is 0 Å². The third-order valence-corrected chi connectivity index (χ3v) is 3.38. The van der Waals surface area contributed by atoms with Crippen LogP contribution in [-0.2, 0) is 11.0 Å². The van der Waals surface area contributed by atoms with Crippen LogP contribution in [0.1, 0.15) is 66.0 Å². The summed E-state index contributed by atoms with van der Waals surface area (Å²) in [5, 5.41) is 0. The van der Waals surface area contributed by atoms with Gasteiger partial charge in [-0.05, 0) is 42.2 Å². The van der Waals surface area contributed by atoms with Gasteiger partial charge >= 0.3 is 0 Å². The average molecular weight is 247 g/mol. The second kappa shape index (κ2) is 4.70. The fourth-order valence-electron chi connectivity index (χ4n) is 2.78. The molecule has 1 rings (SSSR count). The first-order valence-electron chi connectivity index (χ1n) is 6.82. The maximum Gasteiger partial charge on any atom is 0.0352 e. The quantitative estimate of drug-likeness (QED) is 0.830. The number of benzene rings is 1. The SMILES string of the molecule is CC(C)(C)CC(C)(C)c1ccc(C(C)(C)N)cc1. The maximum atomic E-state index is 6.12. The van der Waals surface area contributed by atoms with E-state index in [-0.39, 0.29) is 11.0 Å². The molecule has 0 spiro atoms. The third kappa shape index (κ3) is 4.13. The summed E-state index contributed by atoms with van der Waals surface area (Å²) >= 11 is 0. The molecule has 0 aliphatic rings. The fraction of sp³-hybridized carbons (Fsp3) is 0.647.